The van der Waals surface area contributed by atoms with E-state index >= 15 is 0 Å². The highest BCUT2D eigenvalue weighted by atomic mass is 19.4. The van der Waals surface area contributed by atoms with Gasteiger partial charge in [-0.15, -0.1) is 0 Å². The number of benzene rings is 1. The molecule has 1 N–H and O–H groups in total. The molecule has 1 nitrogen and oxygen atoms in total. The molecule has 1 fully saturated rings. The van der Waals surface area contributed by atoms with Crippen molar-refractivity contribution in [3.63, 3.8) is 0 Å². The van der Waals surface area contributed by atoms with Crippen LogP contribution in [-0.2, 0) is 12.6 Å². The molecular weight excluding hydrogens is 263 g/mol. The van der Waals surface area contributed by atoms with Crippen molar-refractivity contribution >= 4 is 0 Å². The van der Waals surface area contributed by atoms with Crippen LogP contribution in [-0.4, -0.2) is 13.1 Å². The van der Waals surface area contributed by atoms with Gasteiger partial charge in [0, 0.05) is 6.04 Å². The van der Waals surface area contributed by atoms with E-state index in [1.54, 1.807) is 12.1 Å². The third-order valence-corrected chi connectivity index (χ3v) is 4.25. The molecule has 1 saturated carbocycles. The summed E-state index contributed by atoms with van der Waals surface area (Å²) in [6, 6.07) is 6.20. The lowest BCUT2D eigenvalue weighted by molar-refractivity contribution is -0.137. The SMILES string of the molecule is CNC1CCCCC(Cc2ccc(C(F)(F)F)cc2)C1. The van der Waals surface area contributed by atoms with E-state index in [-0.39, 0.29) is 0 Å². The maximum Gasteiger partial charge on any atom is 0.416 e. The molecular formula is C16H22F3N. The van der Waals surface area contributed by atoms with Crippen molar-refractivity contribution in [2.45, 2.75) is 50.7 Å². The van der Waals surface area contributed by atoms with Crippen molar-refractivity contribution in [2.75, 3.05) is 7.05 Å². The first kappa shape index (κ1) is 15.4. The Morgan fingerprint density at radius 1 is 1.10 bits per heavy atom. The molecule has 2 unspecified atom stereocenters. The summed E-state index contributed by atoms with van der Waals surface area (Å²) in [4.78, 5) is 0. The van der Waals surface area contributed by atoms with Gasteiger partial charge in [-0.1, -0.05) is 31.4 Å². The number of alkyl halides is 3. The second-order valence-electron chi connectivity index (χ2n) is 5.77. The van der Waals surface area contributed by atoms with Crippen molar-refractivity contribution in [3.8, 4) is 0 Å². The van der Waals surface area contributed by atoms with Crippen LogP contribution in [0.25, 0.3) is 0 Å². The van der Waals surface area contributed by atoms with Crippen LogP contribution in [0.4, 0.5) is 13.2 Å². The van der Waals surface area contributed by atoms with E-state index in [4.69, 9.17) is 0 Å². The Morgan fingerprint density at radius 2 is 1.75 bits per heavy atom. The zero-order chi connectivity index (χ0) is 14.6. The minimum atomic E-state index is -4.24. The van der Waals surface area contributed by atoms with E-state index < -0.39 is 11.7 Å². The van der Waals surface area contributed by atoms with Gasteiger partial charge in [-0.05, 0) is 49.9 Å². The van der Waals surface area contributed by atoms with Crippen LogP contribution in [0.1, 0.15) is 43.2 Å². The summed E-state index contributed by atoms with van der Waals surface area (Å²) in [5.41, 5.74) is 0.454. The van der Waals surface area contributed by atoms with Crippen LogP contribution in [0, 0.1) is 5.92 Å². The molecule has 112 valence electrons. The number of hydrogen-bond donors (Lipinski definition) is 1. The maximum absolute atomic E-state index is 12.5. The second-order valence-corrected chi connectivity index (χ2v) is 5.77. The average molecular weight is 285 g/mol. The molecule has 0 aliphatic heterocycles. The molecule has 0 bridgehead atoms. The van der Waals surface area contributed by atoms with Gasteiger partial charge in [-0.2, -0.15) is 13.2 Å². The molecule has 0 aromatic heterocycles. The first-order valence-electron chi connectivity index (χ1n) is 7.32. The zero-order valence-electron chi connectivity index (χ0n) is 11.8. The molecule has 0 radical (unpaired) electrons. The van der Waals surface area contributed by atoms with E-state index in [9.17, 15) is 13.2 Å². The normalized spacial score (nSPS) is 24.4. The van der Waals surface area contributed by atoms with Crippen LogP contribution in [0.3, 0.4) is 0 Å². The fourth-order valence-electron chi connectivity index (χ4n) is 3.07. The lowest BCUT2D eigenvalue weighted by Gasteiger charge is -2.19. The average Bonchev–Trinajstić information content (AvgIpc) is 2.63. The molecule has 2 atom stereocenters. The fraction of sp³-hybridized carbons (Fsp3) is 0.625. The summed E-state index contributed by atoms with van der Waals surface area (Å²) in [6.07, 6.45) is 2.63. The number of nitrogens with one attached hydrogen (secondary N) is 1. The van der Waals surface area contributed by atoms with Crippen molar-refractivity contribution in [1.29, 1.82) is 0 Å². The van der Waals surface area contributed by atoms with Gasteiger partial charge in [0.1, 0.15) is 0 Å². The smallest absolute Gasteiger partial charge is 0.317 e. The molecule has 2 rings (SSSR count). The summed E-state index contributed by atoms with van der Waals surface area (Å²) >= 11 is 0. The van der Waals surface area contributed by atoms with E-state index in [2.05, 4.69) is 5.32 Å². The molecule has 0 saturated heterocycles. The Bertz CT molecular complexity index is 411. The summed E-state index contributed by atoms with van der Waals surface area (Å²) in [7, 11) is 1.99. The first-order valence-corrected chi connectivity index (χ1v) is 7.32. The topological polar surface area (TPSA) is 12.0 Å². The van der Waals surface area contributed by atoms with E-state index in [1.807, 2.05) is 7.05 Å². The molecule has 1 aromatic carbocycles. The zero-order valence-corrected chi connectivity index (χ0v) is 11.8. The Kier molecular flexibility index (Phi) is 5.08. The van der Waals surface area contributed by atoms with Crippen molar-refractivity contribution in [2.24, 2.45) is 5.92 Å². The van der Waals surface area contributed by atoms with Crippen LogP contribution in [0.2, 0.25) is 0 Å². The van der Waals surface area contributed by atoms with Crippen LogP contribution in [0.15, 0.2) is 24.3 Å². The van der Waals surface area contributed by atoms with Gasteiger partial charge in [-0.3, -0.25) is 0 Å². The van der Waals surface area contributed by atoms with E-state index in [0.29, 0.717) is 12.0 Å². The van der Waals surface area contributed by atoms with Crippen LogP contribution >= 0.6 is 0 Å². The van der Waals surface area contributed by atoms with Gasteiger partial charge in [0.2, 0.25) is 0 Å². The predicted molar refractivity (Wildman–Crippen MR) is 74.6 cm³/mol. The third kappa shape index (κ3) is 4.23. The summed E-state index contributed by atoms with van der Waals surface area (Å²) in [5.74, 6) is 0.576. The lowest BCUT2D eigenvalue weighted by Crippen LogP contribution is -2.26. The third-order valence-electron chi connectivity index (χ3n) is 4.25. The molecule has 0 spiro atoms. The summed E-state index contributed by atoms with van der Waals surface area (Å²) in [5, 5.41) is 3.34. The molecule has 0 amide bonds. The molecule has 4 heteroatoms. The highest BCUT2D eigenvalue weighted by Gasteiger charge is 2.30. The van der Waals surface area contributed by atoms with Gasteiger partial charge in [0.25, 0.3) is 0 Å². The molecule has 1 aromatic rings. The fourth-order valence-corrected chi connectivity index (χ4v) is 3.07. The molecule has 1 aliphatic rings. The molecule has 20 heavy (non-hydrogen) atoms. The van der Waals surface area contributed by atoms with Gasteiger partial charge < -0.3 is 5.32 Å². The minimum Gasteiger partial charge on any atom is -0.317 e. The monoisotopic (exact) mass is 285 g/mol. The van der Waals surface area contributed by atoms with Crippen molar-refractivity contribution in [3.05, 3.63) is 35.4 Å². The Balaban J connectivity index is 1.98. The quantitative estimate of drug-likeness (QED) is 0.811. The van der Waals surface area contributed by atoms with Gasteiger partial charge in [0.15, 0.2) is 0 Å². The molecule has 0 heterocycles. The standard InChI is InChI=1S/C16H22F3N/c1-20-15-5-3-2-4-13(11-15)10-12-6-8-14(9-7-12)16(17,18)19/h6-9,13,15,20H,2-5,10-11H2,1H3. The van der Waals surface area contributed by atoms with Crippen molar-refractivity contribution < 1.29 is 13.2 Å². The van der Waals surface area contributed by atoms with Crippen LogP contribution in [0.5, 0.6) is 0 Å². The van der Waals surface area contributed by atoms with Gasteiger partial charge >= 0.3 is 6.18 Å². The predicted octanol–water partition coefficient (Wildman–Crippen LogP) is 4.42. The highest BCUT2D eigenvalue weighted by molar-refractivity contribution is 5.25. The van der Waals surface area contributed by atoms with E-state index in [0.717, 1.165) is 18.4 Å². The second kappa shape index (κ2) is 6.61. The van der Waals surface area contributed by atoms with Crippen LogP contribution < -0.4 is 5.32 Å². The minimum absolute atomic E-state index is 0.553. The number of hydrogen-bond acceptors (Lipinski definition) is 1. The number of halogens is 3. The largest absolute Gasteiger partial charge is 0.416 e. The van der Waals surface area contributed by atoms with Gasteiger partial charge in [-0.25, -0.2) is 0 Å². The maximum atomic E-state index is 12.5. The van der Waals surface area contributed by atoms with Gasteiger partial charge in [0.05, 0.1) is 5.56 Å². The Labute approximate surface area is 118 Å². The first-order chi connectivity index (χ1) is 9.49. The lowest BCUT2D eigenvalue weighted by atomic mass is 9.91. The van der Waals surface area contributed by atoms with Crippen molar-refractivity contribution in [1.82, 2.24) is 5.32 Å². The summed E-state index contributed by atoms with van der Waals surface area (Å²) < 4.78 is 37.6. The number of rotatable bonds is 3. The highest BCUT2D eigenvalue weighted by Crippen LogP contribution is 2.30. The Hall–Kier alpha value is -1.03. The molecule has 1 aliphatic carbocycles. The Morgan fingerprint density at radius 3 is 2.35 bits per heavy atom. The summed E-state index contributed by atoms with van der Waals surface area (Å²) in [6.45, 7) is 0. The van der Waals surface area contributed by atoms with E-state index in [1.165, 1.54) is 37.8 Å².